The molecule has 0 unspecified atom stereocenters. The zero-order valence-corrected chi connectivity index (χ0v) is 12.0. The first kappa shape index (κ1) is 13.5. The number of hydrogen-bond donors (Lipinski definition) is 2. The third kappa shape index (κ3) is 2.84. The average Bonchev–Trinajstić information content (AvgIpc) is 2.69. The van der Waals surface area contributed by atoms with E-state index in [1.54, 1.807) is 0 Å². The highest BCUT2D eigenvalue weighted by molar-refractivity contribution is 5.69. The second-order valence-corrected chi connectivity index (χ2v) is 4.82. The Morgan fingerprint density at radius 3 is 3.05 bits per heavy atom. The zero-order valence-electron chi connectivity index (χ0n) is 12.0. The Balaban J connectivity index is 2.03. The van der Waals surface area contributed by atoms with Gasteiger partial charge < -0.3 is 20.7 Å². The number of aromatic nitrogens is 2. The minimum atomic E-state index is 0.270. The molecular formula is C15H19N5O. The lowest BCUT2D eigenvalue weighted by molar-refractivity contribution is 0.322. The monoisotopic (exact) mass is 285 g/mol. The van der Waals surface area contributed by atoms with Crippen molar-refractivity contribution in [2.75, 3.05) is 35.6 Å². The molecule has 0 spiro atoms. The van der Waals surface area contributed by atoms with Crippen LogP contribution in [0.25, 0.3) is 0 Å². The Bertz CT molecular complexity index is 631. The van der Waals surface area contributed by atoms with Gasteiger partial charge in [-0.3, -0.25) is 0 Å². The molecule has 1 aliphatic heterocycles. The number of hydrogen-bond acceptors (Lipinski definition) is 6. The zero-order chi connectivity index (χ0) is 14.7. The second-order valence-electron chi connectivity index (χ2n) is 4.82. The third-order valence-electron chi connectivity index (χ3n) is 3.30. The van der Waals surface area contributed by atoms with Gasteiger partial charge >= 0.3 is 0 Å². The summed E-state index contributed by atoms with van der Waals surface area (Å²) in [5.41, 5.74) is 6.85. The van der Waals surface area contributed by atoms with Crippen LogP contribution in [-0.4, -0.2) is 29.7 Å². The van der Waals surface area contributed by atoms with Gasteiger partial charge in [0.25, 0.3) is 0 Å². The van der Waals surface area contributed by atoms with Gasteiger partial charge in [0.15, 0.2) is 0 Å². The Kier molecular flexibility index (Phi) is 3.77. The molecule has 0 bridgehead atoms. The fourth-order valence-electron chi connectivity index (χ4n) is 2.43. The molecule has 2 heterocycles. The highest BCUT2D eigenvalue weighted by Crippen LogP contribution is 2.35. The molecule has 1 aromatic carbocycles. The van der Waals surface area contributed by atoms with E-state index in [2.05, 4.69) is 20.2 Å². The van der Waals surface area contributed by atoms with Gasteiger partial charge in [0.05, 0.1) is 12.3 Å². The number of rotatable bonds is 3. The predicted octanol–water partition coefficient (Wildman–Crippen LogP) is 2.41. The highest BCUT2D eigenvalue weighted by Gasteiger charge is 2.19. The summed E-state index contributed by atoms with van der Waals surface area (Å²) in [5, 5.41) is 3.18. The van der Waals surface area contributed by atoms with E-state index in [9.17, 15) is 0 Å². The lowest BCUT2D eigenvalue weighted by atomic mass is 10.2. The van der Waals surface area contributed by atoms with E-state index in [-0.39, 0.29) is 5.95 Å². The van der Waals surface area contributed by atoms with Crippen molar-refractivity contribution in [3.8, 4) is 5.75 Å². The van der Waals surface area contributed by atoms with Gasteiger partial charge in [0.1, 0.15) is 17.4 Å². The number of ether oxygens (including phenoxy) is 1. The molecule has 21 heavy (non-hydrogen) atoms. The maximum atomic E-state index is 5.84. The minimum absolute atomic E-state index is 0.270. The summed E-state index contributed by atoms with van der Waals surface area (Å²) in [6, 6.07) is 9.90. The molecule has 0 atom stereocenters. The fraction of sp³-hybridized carbons (Fsp3) is 0.333. The summed E-state index contributed by atoms with van der Waals surface area (Å²) in [6.45, 7) is 4.34. The highest BCUT2D eigenvalue weighted by atomic mass is 16.5. The first-order valence-electron chi connectivity index (χ1n) is 7.15. The molecule has 0 saturated carbocycles. The maximum Gasteiger partial charge on any atom is 0.223 e. The van der Waals surface area contributed by atoms with Crippen LogP contribution in [0.5, 0.6) is 5.75 Å². The largest absolute Gasteiger partial charge is 0.491 e. The number of nitrogens with two attached hydrogens (primary N) is 1. The van der Waals surface area contributed by atoms with Crippen LogP contribution in [0.1, 0.15) is 13.3 Å². The molecule has 1 aromatic heterocycles. The number of para-hydroxylation sites is 2. The fourth-order valence-corrected chi connectivity index (χ4v) is 2.43. The van der Waals surface area contributed by atoms with E-state index in [0.29, 0.717) is 6.61 Å². The van der Waals surface area contributed by atoms with Gasteiger partial charge in [-0.15, -0.1) is 0 Å². The Morgan fingerprint density at radius 2 is 2.19 bits per heavy atom. The van der Waals surface area contributed by atoms with Crippen molar-refractivity contribution in [3.63, 3.8) is 0 Å². The van der Waals surface area contributed by atoms with E-state index in [1.807, 2.05) is 37.3 Å². The van der Waals surface area contributed by atoms with Crippen LogP contribution in [0.15, 0.2) is 30.3 Å². The number of nitrogens with zero attached hydrogens (tertiary/aromatic N) is 3. The smallest absolute Gasteiger partial charge is 0.223 e. The van der Waals surface area contributed by atoms with Crippen molar-refractivity contribution in [2.24, 2.45) is 0 Å². The van der Waals surface area contributed by atoms with Gasteiger partial charge in [-0.1, -0.05) is 12.1 Å². The van der Waals surface area contributed by atoms with Crippen molar-refractivity contribution >= 4 is 23.3 Å². The van der Waals surface area contributed by atoms with Crippen LogP contribution in [-0.2, 0) is 0 Å². The quantitative estimate of drug-likeness (QED) is 0.902. The van der Waals surface area contributed by atoms with Gasteiger partial charge in [-0.25, -0.2) is 0 Å². The summed E-state index contributed by atoms with van der Waals surface area (Å²) in [4.78, 5) is 10.7. The third-order valence-corrected chi connectivity index (χ3v) is 3.30. The molecule has 0 saturated heterocycles. The molecule has 110 valence electrons. The van der Waals surface area contributed by atoms with Gasteiger partial charge in [-0.05, 0) is 25.5 Å². The summed E-state index contributed by atoms with van der Waals surface area (Å²) in [7, 11) is 0. The van der Waals surface area contributed by atoms with Gasteiger partial charge in [0.2, 0.25) is 5.95 Å². The van der Waals surface area contributed by atoms with Crippen LogP contribution in [0.4, 0.5) is 23.3 Å². The molecule has 6 nitrogen and oxygen atoms in total. The summed E-state index contributed by atoms with van der Waals surface area (Å²) in [6.07, 6.45) is 0.926. The van der Waals surface area contributed by atoms with Crippen LogP contribution >= 0.6 is 0 Å². The van der Waals surface area contributed by atoms with Crippen LogP contribution in [0.2, 0.25) is 0 Å². The molecule has 6 heteroatoms. The summed E-state index contributed by atoms with van der Waals surface area (Å²) < 4.78 is 5.78. The Hall–Kier alpha value is -2.50. The van der Waals surface area contributed by atoms with Crippen molar-refractivity contribution in [2.45, 2.75) is 13.3 Å². The van der Waals surface area contributed by atoms with Crippen molar-refractivity contribution in [1.29, 1.82) is 0 Å². The van der Waals surface area contributed by atoms with Crippen molar-refractivity contribution in [3.05, 3.63) is 30.3 Å². The molecule has 2 aromatic rings. The molecule has 0 aliphatic carbocycles. The molecule has 0 amide bonds. The van der Waals surface area contributed by atoms with E-state index in [1.165, 1.54) is 0 Å². The van der Waals surface area contributed by atoms with Crippen LogP contribution in [0.3, 0.4) is 0 Å². The molecule has 0 fully saturated rings. The lowest BCUT2D eigenvalue weighted by Crippen LogP contribution is -2.20. The molecular weight excluding hydrogens is 266 g/mol. The molecule has 3 rings (SSSR count). The number of nitrogen functional groups attached to an aromatic ring is 1. The van der Waals surface area contributed by atoms with Gasteiger partial charge in [0, 0.05) is 19.2 Å². The van der Waals surface area contributed by atoms with E-state index in [0.717, 1.165) is 42.6 Å². The SMILES string of the molecule is CCNc1cc(N2CCCOc3ccccc32)nc(N)n1. The average molecular weight is 285 g/mol. The number of benzene rings is 1. The van der Waals surface area contributed by atoms with Crippen molar-refractivity contribution < 1.29 is 4.74 Å². The summed E-state index contributed by atoms with van der Waals surface area (Å²) in [5.74, 6) is 2.67. The van der Waals surface area contributed by atoms with Gasteiger partial charge in [-0.2, -0.15) is 9.97 Å². The molecule has 1 aliphatic rings. The lowest BCUT2D eigenvalue weighted by Gasteiger charge is -2.23. The first-order chi connectivity index (χ1) is 10.3. The normalized spacial score (nSPS) is 14.0. The Morgan fingerprint density at radius 1 is 1.33 bits per heavy atom. The first-order valence-corrected chi connectivity index (χ1v) is 7.15. The Labute approximate surface area is 124 Å². The minimum Gasteiger partial charge on any atom is -0.491 e. The molecule has 3 N–H and O–H groups in total. The van der Waals surface area contributed by atoms with E-state index in [4.69, 9.17) is 10.5 Å². The van der Waals surface area contributed by atoms with Crippen LogP contribution < -0.4 is 20.7 Å². The number of fused-ring (bicyclic) bond motifs is 1. The second kappa shape index (κ2) is 5.87. The summed E-state index contributed by atoms with van der Waals surface area (Å²) >= 11 is 0. The topological polar surface area (TPSA) is 76.3 Å². The maximum absolute atomic E-state index is 5.84. The van der Waals surface area contributed by atoms with Crippen molar-refractivity contribution in [1.82, 2.24) is 9.97 Å². The van der Waals surface area contributed by atoms with E-state index < -0.39 is 0 Å². The number of nitrogens with one attached hydrogen (secondary N) is 1. The van der Waals surface area contributed by atoms with E-state index >= 15 is 0 Å². The number of anilines is 4. The molecule has 0 radical (unpaired) electrons. The standard InChI is InChI=1S/C15H19N5O/c1-2-17-13-10-14(19-15(16)18-13)20-8-5-9-21-12-7-4-3-6-11(12)20/h3-4,6-7,10H,2,5,8-9H2,1H3,(H3,16,17,18,19). The van der Waals surface area contributed by atoms with Crippen LogP contribution in [0, 0.1) is 0 Å². The predicted molar refractivity (Wildman–Crippen MR) is 84.2 cm³/mol.